The third kappa shape index (κ3) is 6.01. The summed E-state index contributed by atoms with van der Waals surface area (Å²) in [4.78, 5) is 60.7. The van der Waals surface area contributed by atoms with Gasteiger partial charge in [-0.05, 0) is 97.7 Å². The molecule has 4 amide bonds. The number of phenolic OH excluding ortho intramolecular Hbond substituents is 1. The number of carbonyl (C=O) groups excluding carboxylic acids is 4. The van der Waals surface area contributed by atoms with Gasteiger partial charge in [0.1, 0.15) is 11.5 Å². The van der Waals surface area contributed by atoms with Crippen LogP contribution in [0.1, 0.15) is 47.9 Å². The molecule has 2 saturated heterocycles. The number of thiophene rings is 1. The summed E-state index contributed by atoms with van der Waals surface area (Å²) in [6.07, 6.45) is -9.11. The third-order valence-electron chi connectivity index (χ3n) is 12.9. The van der Waals surface area contributed by atoms with Gasteiger partial charge >= 0.3 is 12.4 Å². The standard InChI is InChI=1S/C43H33ClF6N4O6S/c1-18-26-15-22(44)6-10-32(26)61-36(18)29-17-33(52(3)51-29)54-38(57)28-16-27-24(35(41(28,2)40(54)59)19-5-9-31(60-4)30(55)11-19)7-8-25-34(27)39(58)53(37(25)56)23-13-20(42(45,46)47)12-21(14-23)43(48,49)50/h5-7,9-15,17,25,27-28,34-35,55H,8,16H2,1-4H3/t25-,27+,28-,34-,35-,41+/m0/s1. The van der Waals surface area contributed by atoms with Gasteiger partial charge in [0.25, 0.3) is 0 Å². The topological polar surface area (TPSA) is 122 Å². The van der Waals surface area contributed by atoms with Gasteiger partial charge in [-0.25, -0.2) is 9.80 Å². The predicted octanol–water partition coefficient (Wildman–Crippen LogP) is 9.45. The number of alkyl halides is 6. The van der Waals surface area contributed by atoms with Crippen LogP contribution in [0.3, 0.4) is 0 Å². The van der Waals surface area contributed by atoms with E-state index in [1.807, 2.05) is 19.1 Å². The number of anilines is 2. The van der Waals surface area contributed by atoms with E-state index in [0.29, 0.717) is 38.9 Å². The van der Waals surface area contributed by atoms with Crippen LogP contribution in [0.4, 0.5) is 37.8 Å². The van der Waals surface area contributed by atoms with Gasteiger partial charge in [0.2, 0.25) is 23.6 Å². The largest absolute Gasteiger partial charge is 0.504 e. The van der Waals surface area contributed by atoms with Crippen molar-refractivity contribution in [2.45, 2.75) is 45.0 Å². The first-order valence-electron chi connectivity index (χ1n) is 19.0. The summed E-state index contributed by atoms with van der Waals surface area (Å²) in [6.45, 7) is 3.54. The van der Waals surface area contributed by atoms with Gasteiger partial charge in [-0.1, -0.05) is 29.3 Å². The molecule has 0 spiro atoms. The summed E-state index contributed by atoms with van der Waals surface area (Å²) in [5.74, 6) is -8.87. The van der Waals surface area contributed by atoms with Gasteiger partial charge < -0.3 is 9.84 Å². The maximum Gasteiger partial charge on any atom is 0.416 e. The lowest BCUT2D eigenvalue weighted by atomic mass is 9.51. The smallest absolute Gasteiger partial charge is 0.416 e. The zero-order valence-corrected chi connectivity index (χ0v) is 34.1. The van der Waals surface area contributed by atoms with E-state index in [9.17, 15) is 45.8 Å². The number of hydrogen-bond acceptors (Lipinski definition) is 8. The maximum absolute atomic E-state index is 15.1. The number of benzene rings is 3. The summed E-state index contributed by atoms with van der Waals surface area (Å²) < 4.78 is 91.2. The second-order valence-electron chi connectivity index (χ2n) is 16.1. The van der Waals surface area contributed by atoms with E-state index < -0.39 is 87.8 Å². The Balaban J connectivity index is 1.15. The number of ether oxygens (including phenoxy) is 1. The molecule has 1 N–H and O–H groups in total. The number of hydrogen-bond donors (Lipinski definition) is 1. The highest BCUT2D eigenvalue weighted by Gasteiger charge is 2.68. The summed E-state index contributed by atoms with van der Waals surface area (Å²) >= 11 is 7.74. The molecule has 4 heterocycles. The Morgan fingerprint density at radius 3 is 2.21 bits per heavy atom. The lowest BCUT2D eigenvalue weighted by molar-refractivity contribution is -0.143. The van der Waals surface area contributed by atoms with E-state index in [1.165, 1.54) is 35.3 Å². The van der Waals surface area contributed by atoms with E-state index in [4.69, 9.17) is 21.4 Å². The lowest BCUT2D eigenvalue weighted by Crippen LogP contribution is -2.48. The highest BCUT2D eigenvalue weighted by atomic mass is 35.5. The van der Waals surface area contributed by atoms with Gasteiger partial charge in [-0.2, -0.15) is 31.4 Å². The van der Waals surface area contributed by atoms with Crippen LogP contribution in [0.25, 0.3) is 20.7 Å². The molecule has 2 aliphatic carbocycles. The Kier molecular flexibility index (Phi) is 9.12. The SMILES string of the molecule is COc1ccc([C@H]2C3=CC[C@@H]4C(=O)N(c5cc(C(F)(F)F)cc(C(F)(F)F)c5)C(=O)[C@@H]4[C@@H]3C[C@H]3C(=O)N(c4cc(-c5sc6ccc(Cl)cc6c5C)nn4C)C(=O)[C@@]23C)cc1O. The summed E-state index contributed by atoms with van der Waals surface area (Å²) in [5, 5.41) is 17.1. The van der Waals surface area contributed by atoms with Crippen LogP contribution in [0.5, 0.6) is 11.5 Å². The van der Waals surface area contributed by atoms with Crippen LogP contribution in [-0.2, 0) is 38.6 Å². The first kappa shape index (κ1) is 40.7. The highest BCUT2D eigenvalue weighted by Crippen LogP contribution is 2.64. The summed E-state index contributed by atoms with van der Waals surface area (Å²) in [6, 6.07) is 12.2. The van der Waals surface area contributed by atoms with Gasteiger partial charge in [0, 0.05) is 28.8 Å². The normalized spacial score (nSPS) is 25.3. The van der Waals surface area contributed by atoms with Crippen LogP contribution in [0.15, 0.2) is 72.3 Å². The quantitative estimate of drug-likeness (QED) is 0.106. The number of halogens is 7. The molecule has 61 heavy (non-hydrogen) atoms. The molecule has 9 rings (SSSR count). The number of aromatic nitrogens is 2. The molecular formula is C43H33ClF6N4O6S. The molecule has 0 unspecified atom stereocenters. The Hall–Kier alpha value is -5.68. The number of allylic oxidation sites excluding steroid dienone is 2. The zero-order valence-electron chi connectivity index (χ0n) is 32.5. The molecule has 2 aromatic heterocycles. The molecule has 0 bridgehead atoms. The van der Waals surface area contributed by atoms with Gasteiger partial charge in [0.15, 0.2) is 11.5 Å². The molecule has 4 aliphatic rings. The second kappa shape index (κ2) is 13.7. The average Bonchev–Trinajstić information content (AvgIpc) is 3.87. The number of amides is 4. The molecule has 0 radical (unpaired) electrons. The van der Waals surface area contributed by atoms with Crippen molar-refractivity contribution < 1.29 is 55.4 Å². The van der Waals surface area contributed by atoms with Crippen molar-refractivity contribution in [3.63, 3.8) is 0 Å². The fraction of sp³-hybridized carbons (Fsp3) is 0.326. The molecule has 1 saturated carbocycles. The number of phenols is 1. The van der Waals surface area contributed by atoms with E-state index in [0.717, 1.165) is 25.4 Å². The van der Waals surface area contributed by atoms with Crippen molar-refractivity contribution in [1.82, 2.24) is 9.78 Å². The van der Waals surface area contributed by atoms with Gasteiger partial charge in [-0.15, -0.1) is 11.3 Å². The predicted molar refractivity (Wildman–Crippen MR) is 212 cm³/mol. The molecule has 2 aliphatic heterocycles. The molecule has 3 fully saturated rings. The minimum absolute atomic E-state index is 0.0859. The number of methoxy groups -OCH3 is 1. The molecule has 5 aromatic rings. The van der Waals surface area contributed by atoms with Crippen LogP contribution in [0.2, 0.25) is 5.02 Å². The third-order valence-corrected chi connectivity index (χ3v) is 14.4. The minimum Gasteiger partial charge on any atom is -0.504 e. The van der Waals surface area contributed by atoms with Gasteiger partial charge in [-0.3, -0.25) is 23.9 Å². The minimum atomic E-state index is -5.24. The van der Waals surface area contributed by atoms with Crippen LogP contribution in [0, 0.1) is 36.0 Å². The molecule has 18 heteroatoms. The number of aromatic hydroxyl groups is 1. The van der Waals surface area contributed by atoms with E-state index >= 15 is 4.79 Å². The van der Waals surface area contributed by atoms with Crippen LogP contribution >= 0.6 is 22.9 Å². The summed E-state index contributed by atoms with van der Waals surface area (Å²) in [7, 11) is 2.93. The van der Waals surface area contributed by atoms with Crippen molar-refractivity contribution in [1.29, 1.82) is 0 Å². The van der Waals surface area contributed by atoms with Crippen LogP contribution < -0.4 is 14.5 Å². The summed E-state index contributed by atoms with van der Waals surface area (Å²) in [5.41, 5.74) is -3.61. The first-order chi connectivity index (χ1) is 28.6. The van der Waals surface area contributed by atoms with E-state index in [-0.39, 0.29) is 36.2 Å². The van der Waals surface area contributed by atoms with Crippen LogP contribution in [-0.4, -0.2) is 45.6 Å². The van der Waals surface area contributed by atoms with Crippen molar-refractivity contribution in [3.05, 3.63) is 99.6 Å². The Morgan fingerprint density at radius 2 is 1.57 bits per heavy atom. The monoisotopic (exact) mass is 882 g/mol. The average molecular weight is 883 g/mol. The molecule has 10 nitrogen and oxygen atoms in total. The molecule has 3 aromatic carbocycles. The number of fused-ring (bicyclic) bond motifs is 5. The van der Waals surface area contributed by atoms with E-state index in [2.05, 4.69) is 0 Å². The number of imide groups is 2. The van der Waals surface area contributed by atoms with Crippen molar-refractivity contribution in [2.24, 2.45) is 36.1 Å². The van der Waals surface area contributed by atoms with Crippen molar-refractivity contribution in [3.8, 4) is 22.1 Å². The van der Waals surface area contributed by atoms with Crippen molar-refractivity contribution in [2.75, 3.05) is 16.9 Å². The molecule has 316 valence electrons. The molecular weight excluding hydrogens is 850 g/mol. The second-order valence-corrected chi connectivity index (χ2v) is 17.6. The Labute approximate surface area is 351 Å². The number of aryl methyl sites for hydroxylation is 2. The van der Waals surface area contributed by atoms with E-state index in [1.54, 1.807) is 38.2 Å². The van der Waals surface area contributed by atoms with Gasteiger partial charge in [0.05, 0.1) is 52.0 Å². The number of carbonyl (C=O) groups is 4. The maximum atomic E-state index is 15.1. The fourth-order valence-corrected chi connectivity index (χ4v) is 11.4. The highest BCUT2D eigenvalue weighted by molar-refractivity contribution is 7.22. The Morgan fingerprint density at radius 1 is 0.885 bits per heavy atom. The Bertz CT molecular complexity index is 2760. The first-order valence-corrected chi connectivity index (χ1v) is 20.2. The fourth-order valence-electron chi connectivity index (χ4n) is 10.0. The molecule has 6 atom stereocenters. The zero-order chi connectivity index (χ0) is 43.8. The number of nitrogens with zero attached hydrogens (tertiary/aromatic N) is 4. The van der Waals surface area contributed by atoms with Crippen molar-refractivity contribution >= 4 is 68.2 Å². The lowest BCUT2D eigenvalue weighted by Gasteiger charge is -2.49. The number of rotatable bonds is 5.